The first-order chi connectivity index (χ1) is 11.9. The van der Waals surface area contributed by atoms with Crippen LogP contribution in [0.5, 0.6) is 0 Å². The predicted octanol–water partition coefficient (Wildman–Crippen LogP) is 2.06. The first-order valence-corrected chi connectivity index (χ1v) is 8.93. The normalized spacial score (nSPS) is 18.3. The van der Waals surface area contributed by atoms with E-state index in [1.165, 1.54) is 16.0 Å². The van der Waals surface area contributed by atoms with Gasteiger partial charge in [-0.15, -0.1) is 0 Å². The molecule has 1 aliphatic heterocycles. The molecule has 2 atom stereocenters. The zero-order valence-electron chi connectivity index (χ0n) is 15.3. The van der Waals surface area contributed by atoms with Crippen LogP contribution in [-0.4, -0.2) is 24.7 Å². The standard InChI is InChI=1S/C20H27N3O2/c1-20(2,3)22-19(24)21-13-17(18-9-6-12-25-18)23-11-10-15-7-4-5-8-16(15)14-23/h4-9,12,17H,10-11,13-14H2,1-3H3,(H2,21,22,24)/p+1/t17-/m0/s1. The third kappa shape index (κ3) is 4.63. The molecule has 3 N–H and O–H groups in total. The second kappa shape index (κ2) is 7.31. The van der Waals surface area contributed by atoms with E-state index < -0.39 is 0 Å². The summed E-state index contributed by atoms with van der Waals surface area (Å²) in [7, 11) is 0. The number of quaternary nitrogens is 1. The Morgan fingerprint density at radius 1 is 1.20 bits per heavy atom. The number of fused-ring (bicyclic) bond motifs is 1. The van der Waals surface area contributed by atoms with Crippen LogP contribution in [0, 0.1) is 0 Å². The summed E-state index contributed by atoms with van der Waals surface area (Å²) >= 11 is 0. The number of carbonyl (C=O) groups excluding carboxylic acids is 1. The Morgan fingerprint density at radius 3 is 2.64 bits per heavy atom. The van der Waals surface area contributed by atoms with Gasteiger partial charge in [0, 0.05) is 17.5 Å². The highest BCUT2D eigenvalue weighted by molar-refractivity contribution is 5.74. The fraction of sp³-hybridized carbons (Fsp3) is 0.450. The van der Waals surface area contributed by atoms with Gasteiger partial charge in [-0.05, 0) is 38.5 Å². The molecule has 1 unspecified atom stereocenters. The van der Waals surface area contributed by atoms with Crippen LogP contribution < -0.4 is 15.5 Å². The lowest BCUT2D eigenvalue weighted by Crippen LogP contribution is -3.12. The van der Waals surface area contributed by atoms with Gasteiger partial charge >= 0.3 is 6.03 Å². The summed E-state index contributed by atoms with van der Waals surface area (Å²) in [4.78, 5) is 13.6. The fourth-order valence-electron chi connectivity index (χ4n) is 3.41. The largest absolute Gasteiger partial charge is 0.463 e. The van der Waals surface area contributed by atoms with Crippen LogP contribution in [0.15, 0.2) is 47.1 Å². The highest BCUT2D eigenvalue weighted by Crippen LogP contribution is 2.15. The van der Waals surface area contributed by atoms with Gasteiger partial charge in [-0.3, -0.25) is 0 Å². The Morgan fingerprint density at radius 2 is 1.96 bits per heavy atom. The smallest absolute Gasteiger partial charge is 0.315 e. The zero-order valence-corrected chi connectivity index (χ0v) is 15.3. The predicted molar refractivity (Wildman–Crippen MR) is 97.4 cm³/mol. The van der Waals surface area contributed by atoms with Crippen LogP contribution in [0.2, 0.25) is 0 Å². The summed E-state index contributed by atoms with van der Waals surface area (Å²) in [6.07, 6.45) is 2.76. The Kier molecular flexibility index (Phi) is 5.13. The molecule has 5 nitrogen and oxygen atoms in total. The molecular weight excluding hydrogens is 314 g/mol. The summed E-state index contributed by atoms with van der Waals surface area (Å²) in [5.41, 5.74) is 2.57. The van der Waals surface area contributed by atoms with Crippen molar-refractivity contribution in [2.75, 3.05) is 13.1 Å². The van der Waals surface area contributed by atoms with Crippen LogP contribution in [0.3, 0.4) is 0 Å². The number of furan rings is 1. The SMILES string of the molecule is CC(C)(C)NC(=O)NC[C@@H](c1ccco1)[NH+]1CCc2ccccc2C1. The van der Waals surface area contributed by atoms with Gasteiger partial charge in [0.1, 0.15) is 6.54 Å². The first kappa shape index (κ1) is 17.5. The average Bonchev–Trinajstić information content (AvgIpc) is 3.07. The lowest BCUT2D eigenvalue weighted by atomic mass is 9.98. The van der Waals surface area contributed by atoms with Crippen molar-refractivity contribution < 1.29 is 14.1 Å². The molecule has 3 rings (SSSR count). The van der Waals surface area contributed by atoms with Gasteiger partial charge in [-0.25, -0.2) is 4.79 Å². The molecule has 0 saturated carbocycles. The lowest BCUT2D eigenvalue weighted by molar-refractivity contribution is -0.946. The summed E-state index contributed by atoms with van der Waals surface area (Å²) in [5, 5.41) is 5.97. The number of benzene rings is 1. The van der Waals surface area contributed by atoms with Crippen molar-refractivity contribution in [2.45, 2.75) is 45.3 Å². The van der Waals surface area contributed by atoms with Crippen LogP contribution in [-0.2, 0) is 13.0 Å². The fourth-order valence-corrected chi connectivity index (χ4v) is 3.41. The van der Waals surface area contributed by atoms with E-state index in [1.54, 1.807) is 6.26 Å². The van der Waals surface area contributed by atoms with Gasteiger partial charge in [0.25, 0.3) is 0 Å². The molecule has 2 aromatic rings. The van der Waals surface area contributed by atoms with E-state index in [9.17, 15) is 4.79 Å². The Labute approximate surface area is 149 Å². The molecule has 0 bridgehead atoms. The Balaban J connectivity index is 1.70. The molecule has 5 heteroatoms. The topological polar surface area (TPSA) is 58.7 Å². The van der Waals surface area contributed by atoms with E-state index in [4.69, 9.17) is 4.42 Å². The van der Waals surface area contributed by atoms with Crippen molar-refractivity contribution in [1.29, 1.82) is 0 Å². The number of hydrogen-bond acceptors (Lipinski definition) is 2. The molecule has 2 heterocycles. The van der Waals surface area contributed by atoms with E-state index in [0.29, 0.717) is 6.54 Å². The van der Waals surface area contributed by atoms with Crippen LogP contribution >= 0.6 is 0 Å². The lowest BCUT2D eigenvalue weighted by Gasteiger charge is -2.32. The van der Waals surface area contributed by atoms with Crippen LogP contribution in [0.4, 0.5) is 4.79 Å². The van der Waals surface area contributed by atoms with Gasteiger partial charge < -0.3 is 20.0 Å². The molecular formula is C20H28N3O2+. The number of hydrogen-bond donors (Lipinski definition) is 3. The molecule has 134 valence electrons. The van der Waals surface area contributed by atoms with Crippen molar-refractivity contribution in [1.82, 2.24) is 10.6 Å². The highest BCUT2D eigenvalue weighted by atomic mass is 16.3. The number of rotatable bonds is 4. The quantitative estimate of drug-likeness (QED) is 0.797. The van der Waals surface area contributed by atoms with Crippen molar-refractivity contribution in [3.8, 4) is 0 Å². The molecule has 1 aliphatic rings. The minimum absolute atomic E-state index is 0.106. The van der Waals surface area contributed by atoms with Gasteiger partial charge in [0.05, 0.1) is 19.4 Å². The average molecular weight is 342 g/mol. The Hall–Kier alpha value is -2.27. The molecule has 2 amide bonds. The Bertz CT molecular complexity index is 704. The van der Waals surface area contributed by atoms with Crippen molar-refractivity contribution >= 4 is 6.03 Å². The maximum absolute atomic E-state index is 12.2. The number of urea groups is 1. The number of amides is 2. The first-order valence-electron chi connectivity index (χ1n) is 8.93. The summed E-state index contributed by atoms with van der Waals surface area (Å²) in [6, 6.07) is 12.5. The van der Waals surface area contributed by atoms with Gasteiger partial charge in [-0.1, -0.05) is 24.3 Å². The molecule has 0 fully saturated rings. The summed E-state index contributed by atoms with van der Waals surface area (Å²) in [6.45, 7) is 8.46. The van der Waals surface area contributed by atoms with E-state index in [1.807, 2.05) is 32.9 Å². The maximum Gasteiger partial charge on any atom is 0.315 e. The van der Waals surface area contributed by atoms with Crippen molar-refractivity contribution in [3.05, 3.63) is 59.5 Å². The summed E-state index contributed by atoms with van der Waals surface area (Å²) < 4.78 is 5.68. The molecule has 0 saturated heterocycles. The van der Waals surface area contributed by atoms with Gasteiger partial charge in [-0.2, -0.15) is 0 Å². The van der Waals surface area contributed by atoms with Crippen molar-refractivity contribution in [3.63, 3.8) is 0 Å². The third-order valence-electron chi connectivity index (χ3n) is 4.59. The third-order valence-corrected chi connectivity index (χ3v) is 4.59. The van der Waals surface area contributed by atoms with E-state index in [0.717, 1.165) is 25.3 Å². The van der Waals surface area contributed by atoms with E-state index in [2.05, 4.69) is 34.9 Å². The van der Waals surface area contributed by atoms with Gasteiger partial charge in [0.2, 0.25) is 0 Å². The van der Waals surface area contributed by atoms with Crippen molar-refractivity contribution in [2.24, 2.45) is 0 Å². The minimum atomic E-state index is -0.249. The zero-order chi connectivity index (χ0) is 17.9. The molecule has 0 aliphatic carbocycles. The molecule has 0 radical (unpaired) electrons. The molecule has 0 spiro atoms. The monoisotopic (exact) mass is 342 g/mol. The van der Waals surface area contributed by atoms with Crippen LogP contribution in [0.25, 0.3) is 0 Å². The summed E-state index contributed by atoms with van der Waals surface area (Å²) in [5.74, 6) is 0.922. The van der Waals surface area contributed by atoms with E-state index in [-0.39, 0.29) is 17.6 Å². The molecule has 25 heavy (non-hydrogen) atoms. The number of carbonyl (C=O) groups is 1. The molecule has 1 aromatic heterocycles. The number of nitrogens with one attached hydrogen (secondary N) is 3. The van der Waals surface area contributed by atoms with Gasteiger partial charge in [0.15, 0.2) is 11.8 Å². The second-order valence-corrected chi connectivity index (χ2v) is 7.76. The second-order valence-electron chi connectivity index (χ2n) is 7.76. The maximum atomic E-state index is 12.2. The van der Waals surface area contributed by atoms with E-state index >= 15 is 0 Å². The highest BCUT2D eigenvalue weighted by Gasteiger charge is 2.30. The van der Waals surface area contributed by atoms with Crippen LogP contribution in [0.1, 0.15) is 43.7 Å². The molecule has 1 aromatic carbocycles. The minimum Gasteiger partial charge on any atom is -0.463 e.